The number of carbonyl (C=O) groups is 3. The molecular formula is C20H29N5O6. The molecule has 0 aliphatic heterocycles. The molecule has 170 valence electrons. The number of ether oxygens (including phenoxy) is 1. The van der Waals surface area contributed by atoms with E-state index in [1.54, 1.807) is 31.2 Å². The van der Waals surface area contributed by atoms with Crippen molar-refractivity contribution in [2.24, 2.45) is 10.9 Å². The number of nitrogens with two attached hydrogens (primary N) is 1. The van der Waals surface area contributed by atoms with Gasteiger partial charge in [-0.2, -0.15) is 0 Å². The molecule has 1 atom stereocenters. The summed E-state index contributed by atoms with van der Waals surface area (Å²) < 4.78 is 4.85. The Morgan fingerprint density at radius 2 is 1.84 bits per heavy atom. The summed E-state index contributed by atoms with van der Waals surface area (Å²) in [5.41, 5.74) is 7.35. The van der Waals surface area contributed by atoms with E-state index in [0.29, 0.717) is 17.7 Å². The fourth-order valence-electron chi connectivity index (χ4n) is 2.22. The van der Waals surface area contributed by atoms with Gasteiger partial charge in [0.1, 0.15) is 18.5 Å². The lowest BCUT2D eigenvalue weighted by atomic mass is 10.1. The average molecular weight is 435 g/mol. The summed E-state index contributed by atoms with van der Waals surface area (Å²) in [6.45, 7) is 3.55. The van der Waals surface area contributed by atoms with Gasteiger partial charge in [0.05, 0.1) is 18.7 Å². The van der Waals surface area contributed by atoms with Gasteiger partial charge in [-0.15, -0.1) is 0 Å². The van der Waals surface area contributed by atoms with Crippen LogP contribution in [0.5, 0.6) is 0 Å². The Morgan fingerprint density at radius 3 is 2.42 bits per heavy atom. The zero-order valence-electron chi connectivity index (χ0n) is 17.6. The Balaban J connectivity index is 2.37. The van der Waals surface area contributed by atoms with Crippen LogP contribution in [0.4, 0.5) is 4.79 Å². The second-order valence-corrected chi connectivity index (χ2v) is 6.58. The van der Waals surface area contributed by atoms with E-state index in [4.69, 9.17) is 25.8 Å². The number of carboxylic acid groups (broad SMARTS) is 1. The Bertz CT molecular complexity index is 794. The Hall–Kier alpha value is -3.63. The number of aliphatic carboxylic acids is 1. The monoisotopic (exact) mass is 435 g/mol. The third-order valence-corrected chi connectivity index (χ3v) is 4.06. The van der Waals surface area contributed by atoms with Gasteiger partial charge in [-0.25, -0.2) is 9.59 Å². The minimum Gasteiger partial charge on any atom is -0.480 e. The van der Waals surface area contributed by atoms with Gasteiger partial charge in [-0.1, -0.05) is 42.8 Å². The van der Waals surface area contributed by atoms with E-state index in [0.717, 1.165) is 12.0 Å². The van der Waals surface area contributed by atoms with Crippen molar-refractivity contribution in [3.63, 3.8) is 0 Å². The summed E-state index contributed by atoms with van der Waals surface area (Å²) in [6, 6.07) is 5.57. The first kappa shape index (κ1) is 25.4. The van der Waals surface area contributed by atoms with Crippen LogP contribution in [0.3, 0.4) is 0 Å². The van der Waals surface area contributed by atoms with Crippen LogP contribution in [0.25, 0.3) is 0 Å². The number of nitrogen functional groups attached to an aromatic ring is 1. The van der Waals surface area contributed by atoms with Crippen molar-refractivity contribution in [2.45, 2.75) is 39.2 Å². The number of alkyl carbamates (subject to hydrolysis) is 1. The van der Waals surface area contributed by atoms with Gasteiger partial charge in [0.25, 0.3) is 0 Å². The highest BCUT2D eigenvalue weighted by molar-refractivity contribution is 6.00. The van der Waals surface area contributed by atoms with Gasteiger partial charge in [0, 0.05) is 12.1 Å². The van der Waals surface area contributed by atoms with Crippen molar-refractivity contribution in [1.82, 2.24) is 10.6 Å². The number of oxime groups is 1. The molecular weight excluding hydrogens is 406 g/mol. The maximum Gasteiger partial charge on any atom is 0.407 e. The number of hydrogen-bond donors (Lipinski definition) is 5. The van der Waals surface area contributed by atoms with Crippen molar-refractivity contribution < 1.29 is 29.1 Å². The van der Waals surface area contributed by atoms with Crippen LogP contribution in [0.1, 0.15) is 44.2 Å². The molecule has 0 fully saturated rings. The lowest BCUT2D eigenvalue weighted by Gasteiger charge is -2.15. The topological polar surface area (TPSA) is 176 Å². The first-order valence-electron chi connectivity index (χ1n) is 9.78. The molecule has 0 spiro atoms. The highest BCUT2D eigenvalue weighted by Gasteiger charge is 2.21. The van der Waals surface area contributed by atoms with E-state index in [1.165, 1.54) is 0 Å². The predicted octanol–water partition coefficient (Wildman–Crippen LogP) is 1.20. The van der Waals surface area contributed by atoms with Crippen LogP contribution in [-0.4, -0.2) is 60.4 Å². The number of amidine groups is 1. The summed E-state index contributed by atoms with van der Waals surface area (Å²) in [4.78, 5) is 39.8. The first-order chi connectivity index (χ1) is 14.7. The van der Waals surface area contributed by atoms with Gasteiger partial charge in [0.15, 0.2) is 0 Å². The van der Waals surface area contributed by atoms with Crippen molar-refractivity contribution in [1.29, 1.82) is 5.41 Å². The van der Waals surface area contributed by atoms with Gasteiger partial charge in [0.2, 0.25) is 5.91 Å². The van der Waals surface area contributed by atoms with Gasteiger partial charge >= 0.3 is 12.1 Å². The molecule has 11 nitrogen and oxygen atoms in total. The SMILES string of the molecule is CCCCOC(=O)NC(CNC(=O)CCO/N=C(/C)c1ccc(C(=N)N)cc1)C(=O)O. The highest BCUT2D eigenvalue weighted by atomic mass is 16.6. The summed E-state index contributed by atoms with van der Waals surface area (Å²) >= 11 is 0. The molecule has 0 bridgehead atoms. The smallest absolute Gasteiger partial charge is 0.407 e. The molecule has 1 aromatic rings. The number of rotatable bonds is 13. The molecule has 0 aliphatic rings. The second kappa shape index (κ2) is 13.6. The number of amides is 2. The molecule has 11 heteroatoms. The highest BCUT2D eigenvalue weighted by Crippen LogP contribution is 2.06. The molecule has 0 heterocycles. The van der Waals surface area contributed by atoms with Crippen LogP contribution in [0, 0.1) is 5.41 Å². The number of nitrogens with zero attached hydrogens (tertiary/aromatic N) is 1. The summed E-state index contributed by atoms with van der Waals surface area (Å²) in [5.74, 6) is -1.77. The number of hydrogen-bond acceptors (Lipinski definition) is 7. The summed E-state index contributed by atoms with van der Waals surface area (Å²) in [6.07, 6.45) is 0.615. The van der Waals surface area contributed by atoms with Crippen LogP contribution in [0.2, 0.25) is 0 Å². The quantitative estimate of drug-likeness (QED) is 0.134. The van der Waals surface area contributed by atoms with Crippen molar-refractivity contribution >= 4 is 29.5 Å². The molecule has 0 aliphatic carbocycles. The predicted molar refractivity (Wildman–Crippen MR) is 114 cm³/mol. The summed E-state index contributed by atoms with van der Waals surface area (Å²) in [7, 11) is 0. The van der Waals surface area contributed by atoms with E-state index in [2.05, 4.69) is 15.8 Å². The maximum atomic E-state index is 11.9. The van der Waals surface area contributed by atoms with Gasteiger partial charge < -0.3 is 31.0 Å². The lowest BCUT2D eigenvalue weighted by Crippen LogP contribution is -2.48. The first-order valence-corrected chi connectivity index (χ1v) is 9.78. The van der Waals surface area contributed by atoms with E-state index >= 15 is 0 Å². The zero-order chi connectivity index (χ0) is 23.2. The molecule has 0 radical (unpaired) electrons. The second-order valence-electron chi connectivity index (χ2n) is 6.58. The summed E-state index contributed by atoms with van der Waals surface area (Å²) in [5, 5.41) is 25.1. The van der Waals surface area contributed by atoms with Crippen molar-refractivity contribution in [3.05, 3.63) is 35.4 Å². The van der Waals surface area contributed by atoms with Gasteiger partial charge in [-0.3, -0.25) is 10.2 Å². The third kappa shape index (κ3) is 10.1. The number of nitrogens with one attached hydrogen (secondary N) is 3. The molecule has 0 saturated heterocycles. The molecule has 1 aromatic carbocycles. The third-order valence-electron chi connectivity index (χ3n) is 4.06. The largest absolute Gasteiger partial charge is 0.480 e. The molecule has 6 N–H and O–H groups in total. The number of carboxylic acids is 1. The Labute approximate surface area is 180 Å². The molecule has 2 amide bonds. The molecule has 1 rings (SSSR count). The molecule has 0 saturated carbocycles. The minimum atomic E-state index is -1.31. The van der Waals surface area contributed by atoms with E-state index in [9.17, 15) is 14.4 Å². The fourth-order valence-corrected chi connectivity index (χ4v) is 2.22. The molecule has 31 heavy (non-hydrogen) atoms. The van der Waals surface area contributed by atoms with Crippen molar-refractivity contribution in [3.8, 4) is 0 Å². The van der Waals surface area contributed by atoms with Crippen LogP contribution < -0.4 is 16.4 Å². The van der Waals surface area contributed by atoms with E-state index in [-0.39, 0.29) is 32.0 Å². The minimum absolute atomic E-state index is 0.0150. The van der Waals surface area contributed by atoms with Crippen LogP contribution in [-0.2, 0) is 19.2 Å². The van der Waals surface area contributed by atoms with E-state index < -0.39 is 24.0 Å². The normalized spacial score (nSPS) is 11.9. The number of benzene rings is 1. The van der Waals surface area contributed by atoms with E-state index in [1.807, 2.05) is 6.92 Å². The van der Waals surface area contributed by atoms with Gasteiger partial charge in [-0.05, 0) is 18.9 Å². The average Bonchev–Trinajstić information content (AvgIpc) is 2.74. The zero-order valence-corrected chi connectivity index (χ0v) is 17.6. The Kier molecular flexibility index (Phi) is 11.1. The van der Waals surface area contributed by atoms with Crippen molar-refractivity contribution in [2.75, 3.05) is 19.8 Å². The standard InChI is InChI=1S/C20H29N5O6/c1-3-4-10-30-20(29)24-16(19(27)28)12-23-17(26)9-11-31-25-13(2)14-5-7-15(8-6-14)18(21)22/h5-8,16H,3-4,9-12H2,1-2H3,(H3,21,22)(H,23,26)(H,24,29)(H,27,28)/b25-13-. The maximum absolute atomic E-state index is 11.9. The van der Waals surface area contributed by atoms with Crippen LogP contribution in [0.15, 0.2) is 29.4 Å². The van der Waals surface area contributed by atoms with Crippen LogP contribution >= 0.6 is 0 Å². The number of carbonyl (C=O) groups excluding carboxylic acids is 2. The molecule has 1 unspecified atom stereocenters. The fraction of sp³-hybridized carbons (Fsp3) is 0.450. The molecule has 0 aromatic heterocycles. The number of unbranched alkanes of at least 4 members (excludes halogenated alkanes) is 1. The Morgan fingerprint density at radius 1 is 1.19 bits per heavy atom. The lowest BCUT2D eigenvalue weighted by molar-refractivity contribution is -0.139.